The normalized spacial score (nSPS) is 11.2. The average Bonchev–Trinajstić information content (AvgIpc) is 3.15. The number of aromatic nitrogens is 1. The van der Waals surface area contributed by atoms with Crippen LogP contribution in [0, 0.1) is 0 Å². The van der Waals surface area contributed by atoms with Gasteiger partial charge >= 0.3 is 0 Å². The molecule has 2 aromatic heterocycles. The molecule has 0 unspecified atom stereocenters. The van der Waals surface area contributed by atoms with Crippen LogP contribution in [-0.4, -0.2) is 30.7 Å². The molecule has 0 aliphatic carbocycles. The van der Waals surface area contributed by atoms with Gasteiger partial charge in [-0.15, -0.1) is 35.3 Å². The lowest BCUT2D eigenvalue weighted by molar-refractivity contribution is 0.145. The van der Waals surface area contributed by atoms with Crippen LogP contribution in [-0.2, 0) is 11.3 Å². The van der Waals surface area contributed by atoms with Gasteiger partial charge in [-0.1, -0.05) is 6.07 Å². The molecule has 8 heteroatoms. The second kappa shape index (κ2) is 10.6. The topological polar surface area (TPSA) is 85.7 Å². The van der Waals surface area contributed by atoms with Crippen LogP contribution in [0.2, 0.25) is 0 Å². The number of halogens is 1. The molecule has 0 fully saturated rings. The summed E-state index contributed by atoms with van der Waals surface area (Å²) in [6.07, 6.45) is 2.51. The van der Waals surface area contributed by atoms with Gasteiger partial charge in [-0.2, -0.15) is 0 Å². The highest BCUT2D eigenvalue weighted by molar-refractivity contribution is 14.0. The summed E-state index contributed by atoms with van der Waals surface area (Å²) in [4.78, 5) is 9.62. The zero-order chi connectivity index (χ0) is 14.9. The van der Waals surface area contributed by atoms with E-state index in [2.05, 4.69) is 15.3 Å². The molecular weight excluding hydrogens is 415 g/mol. The van der Waals surface area contributed by atoms with Crippen molar-refractivity contribution >= 4 is 41.3 Å². The molecule has 0 aromatic carbocycles. The highest BCUT2D eigenvalue weighted by atomic mass is 127. The molecule has 122 valence electrons. The van der Waals surface area contributed by atoms with E-state index in [1.807, 2.05) is 24.4 Å². The molecule has 0 spiro atoms. The minimum absolute atomic E-state index is 0. The van der Waals surface area contributed by atoms with Crippen molar-refractivity contribution < 1.29 is 9.15 Å². The molecule has 0 saturated heterocycles. The molecular formula is C14H21IN4O2S. The lowest BCUT2D eigenvalue weighted by Gasteiger charge is -2.04. The molecule has 0 aliphatic heterocycles. The van der Waals surface area contributed by atoms with Crippen LogP contribution in [0.1, 0.15) is 19.0 Å². The van der Waals surface area contributed by atoms with Gasteiger partial charge in [0.25, 0.3) is 0 Å². The monoisotopic (exact) mass is 436 g/mol. The highest BCUT2D eigenvalue weighted by Gasteiger charge is 2.06. The Morgan fingerprint density at radius 1 is 1.55 bits per heavy atom. The zero-order valence-electron chi connectivity index (χ0n) is 12.4. The standard InChI is InChI=1S/C14H20N4O2S.HI/c1-2-19-7-4-6-16-14(15)17-9-11-10-20-13(18-11)12-5-3-8-21-12;/h3,5,8,10H,2,4,6-7,9H2,1H3,(H3,15,16,17);1H. The van der Waals surface area contributed by atoms with Crippen LogP contribution < -0.4 is 11.1 Å². The smallest absolute Gasteiger partial charge is 0.236 e. The Balaban J connectivity index is 0.00000242. The summed E-state index contributed by atoms with van der Waals surface area (Å²) in [5.41, 5.74) is 6.54. The number of aliphatic imine (C=N–C) groups is 1. The van der Waals surface area contributed by atoms with E-state index in [1.54, 1.807) is 17.6 Å². The number of hydrogen-bond acceptors (Lipinski definition) is 5. The Hall–Kier alpha value is -1.13. The van der Waals surface area contributed by atoms with E-state index in [4.69, 9.17) is 14.9 Å². The van der Waals surface area contributed by atoms with Gasteiger partial charge in [-0.25, -0.2) is 9.98 Å². The lowest BCUT2D eigenvalue weighted by atomic mass is 10.4. The predicted octanol–water partition coefficient (Wildman–Crippen LogP) is 2.85. The van der Waals surface area contributed by atoms with Crippen LogP contribution in [0.15, 0.2) is 33.2 Å². The quantitative estimate of drug-likeness (QED) is 0.288. The van der Waals surface area contributed by atoms with Gasteiger partial charge in [0, 0.05) is 19.8 Å². The van der Waals surface area contributed by atoms with E-state index in [0.29, 0.717) is 18.4 Å². The molecule has 0 bridgehead atoms. The van der Waals surface area contributed by atoms with E-state index in [9.17, 15) is 0 Å². The van der Waals surface area contributed by atoms with Gasteiger partial charge in [-0.05, 0) is 24.8 Å². The minimum atomic E-state index is 0. The van der Waals surface area contributed by atoms with Crippen molar-refractivity contribution in [3.8, 4) is 10.8 Å². The SMILES string of the molecule is CCOCCCNC(N)=NCc1coc(-c2cccs2)n1.I. The maximum Gasteiger partial charge on any atom is 0.236 e. The molecule has 0 atom stereocenters. The number of guanidine groups is 1. The number of rotatable bonds is 8. The summed E-state index contributed by atoms with van der Waals surface area (Å²) in [6.45, 7) is 4.59. The van der Waals surface area contributed by atoms with Gasteiger partial charge in [0.15, 0.2) is 5.96 Å². The average molecular weight is 436 g/mol. The van der Waals surface area contributed by atoms with E-state index in [-0.39, 0.29) is 24.0 Å². The molecule has 0 aliphatic rings. The third-order valence-corrected chi connectivity index (χ3v) is 3.53. The Labute approximate surface area is 151 Å². The zero-order valence-corrected chi connectivity index (χ0v) is 15.6. The summed E-state index contributed by atoms with van der Waals surface area (Å²) < 4.78 is 10.7. The summed E-state index contributed by atoms with van der Waals surface area (Å²) in [5.74, 6) is 1.03. The molecule has 0 radical (unpaired) electrons. The largest absolute Gasteiger partial charge is 0.443 e. The first-order valence-electron chi connectivity index (χ1n) is 6.89. The number of oxazole rings is 1. The molecule has 0 amide bonds. The first-order chi connectivity index (χ1) is 10.3. The van der Waals surface area contributed by atoms with Crippen molar-refractivity contribution in [1.82, 2.24) is 10.3 Å². The van der Waals surface area contributed by atoms with Crippen LogP contribution >= 0.6 is 35.3 Å². The van der Waals surface area contributed by atoms with Crippen molar-refractivity contribution in [2.75, 3.05) is 19.8 Å². The fourth-order valence-corrected chi connectivity index (χ4v) is 2.31. The van der Waals surface area contributed by atoms with Gasteiger partial charge in [0.2, 0.25) is 5.89 Å². The summed E-state index contributed by atoms with van der Waals surface area (Å²) in [6, 6.07) is 3.93. The van der Waals surface area contributed by atoms with Crippen molar-refractivity contribution in [2.24, 2.45) is 10.7 Å². The number of ether oxygens (including phenoxy) is 1. The van der Waals surface area contributed by atoms with Gasteiger partial charge < -0.3 is 20.2 Å². The van der Waals surface area contributed by atoms with Gasteiger partial charge in [-0.3, -0.25) is 0 Å². The molecule has 6 nitrogen and oxygen atoms in total. The first kappa shape index (κ1) is 18.9. The molecule has 22 heavy (non-hydrogen) atoms. The molecule has 2 aromatic rings. The summed E-state index contributed by atoms with van der Waals surface area (Å²) in [7, 11) is 0. The van der Waals surface area contributed by atoms with E-state index >= 15 is 0 Å². The highest BCUT2D eigenvalue weighted by Crippen LogP contribution is 2.23. The Morgan fingerprint density at radius 2 is 2.41 bits per heavy atom. The second-order valence-electron chi connectivity index (χ2n) is 4.30. The van der Waals surface area contributed by atoms with Crippen LogP contribution in [0.25, 0.3) is 10.8 Å². The molecule has 2 heterocycles. The van der Waals surface area contributed by atoms with Crippen LogP contribution in [0.4, 0.5) is 0 Å². The van der Waals surface area contributed by atoms with E-state index in [1.165, 1.54) is 0 Å². The number of thiophene rings is 1. The van der Waals surface area contributed by atoms with E-state index < -0.39 is 0 Å². The van der Waals surface area contributed by atoms with Crippen molar-refractivity contribution in [1.29, 1.82) is 0 Å². The van der Waals surface area contributed by atoms with Gasteiger partial charge in [0.1, 0.15) is 12.0 Å². The predicted molar refractivity (Wildman–Crippen MR) is 99.7 cm³/mol. The van der Waals surface area contributed by atoms with Crippen molar-refractivity contribution in [3.05, 3.63) is 29.5 Å². The van der Waals surface area contributed by atoms with Gasteiger partial charge in [0.05, 0.1) is 11.4 Å². The maximum atomic E-state index is 5.78. The number of nitrogens with one attached hydrogen (secondary N) is 1. The first-order valence-corrected chi connectivity index (χ1v) is 7.77. The fraction of sp³-hybridized carbons (Fsp3) is 0.429. The number of nitrogens with zero attached hydrogens (tertiary/aromatic N) is 2. The number of nitrogens with two attached hydrogens (primary N) is 1. The van der Waals surface area contributed by atoms with Crippen LogP contribution in [0.5, 0.6) is 0 Å². The van der Waals surface area contributed by atoms with Crippen molar-refractivity contribution in [2.45, 2.75) is 19.9 Å². The Morgan fingerprint density at radius 3 is 3.14 bits per heavy atom. The molecule has 0 saturated carbocycles. The fourth-order valence-electron chi connectivity index (χ4n) is 1.65. The third kappa shape index (κ3) is 6.32. The second-order valence-corrected chi connectivity index (χ2v) is 5.25. The van der Waals surface area contributed by atoms with Crippen molar-refractivity contribution in [3.63, 3.8) is 0 Å². The Bertz CT molecular complexity index is 557. The minimum Gasteiger partial charge on any atom is -0.443 e. The van der Waals surface area contributed by atoms with Crippen LogP contribution in [0.3, 0.4) is 0 Å². The molecule has 3 N–H and O–H groups in total. The van der Waals surface area contributed by atoms with E-state index in [0.717, 1.165) is 36.8 Å². The maximum absolute atomic E-state index is 5.78. The summed E-state index contributed by atoms with van der Waals surface area (Å²) >= 11 is 1.59. The molecule has 2 rings (SSSR count). The third-order valence-electron chi connectivity index (χ3n) is 2.67. The lowest BCUT2D eigenvalue weighted by Crippen LogP contribution is -2.32. The Kier molecular flexibility index (Phi) is 9.09. The number of hydrogen-bond donors (Lipinski definition) is 2. The summed E-state index contributed by atoms with van der Waals surface area (Å²) in [5, 5.41) is 5.03.